The van der Waals surface area contributed by atoms with Gasteiger partial charge in [0, 0.05) is 37.1 Å². The molecule has 0 radical (unpaired) electrons. The number of nitrogens with one attached hydrogen (secondary N) is 1. The molecule has 0 fully saturated rings. The Bertz CT molecular complexity index is 972. The monoisotopic (exact) mass is 426 g/mol. The molecule has 0 spiro atoms. The van der Waals surface area contributed by atoms with Crippen LogP contribution in [-0.4, -0.2) is 29.6 Å². The summed E-state index contributed by atoms with van der Waals surface area (Å²) in [4.78, 5) is 2.78. The van der Waals surface area contributed by atoms with Gasteiger partial charge in [-0.05, 0) is 67.4 Å². The quantitative estimate of drug-likeness (QED) is 0.491. The summed E-state index contributed by atoms with van der Waals surface area (Å²) in [6, 6.07) is 9.46. The topological polar surface area (TPSA) is 15.3 Å². The largest absolute Gasteiger partial charge is 0.311 e. The molecule has 0 saturated carbocycles. The summed E-state index contributed by atoms with van der Waals surface area (Å²) in [5.41, 5.74) is 7.34. The van der Waals surface area contributed by atoms with Crippen LogP contribution in [0.2, 0.25) is 0 Å². The van der Waals surface area contributed by atoms with Crippen LogP contribution < -0.4 is 5.32 Å². The Balaban J connectivity index is 1.59. The van der Waals surface area contributed by atoms with Crippen LogP contribution >= 0.6 is 0 Å². The summed E-state index contributed by atoms with van der Waals surface area (Å²) in [5, 5.41) is 3.71. The molecule has 0 aromatic heterocycles. The molecule has 1 aliphatic heterocycles. The van der Waals surface area contributed by atoms with Crippen LogP contribution in [-0.2, 0) is 13.0 Å². The molecule has 168 valence electrons. The van der Waals surface area contributed by atoms with Crippen molar-refractivity contribution in [2.24, 2.45) is 5.92 Å². The predicted molar refractivity (Wildman–Crippen MR) is 138 cm³/mol. The van der Waals surface area contributed by atoms with Crippen LogP contribution in [0.5, 0.6) is 0 Å². The molecule has 2 nitrogen and oxygen atoms in total. The molecular weight excluding hydrogens is 388 g/mol. The second kappa shape index (κ2) is 10.0. The van der Waals surface area contributed by atoms with E-state index in [2.05, 4.69) is 85.8 Å². The molecule has 1 aromatic carbocycles. The Hall–Kier alpha value is -2.42. The summed E-state index contributed by atoms with van der Waals surface area (Å²) in [5.74, 6) is 0.524. The molecule has 2 unspecified atom stereocenters. The van der Waals surface area contributed by atoms with Crippen LogP contribution in [0, 0.1) is 5.92 Å². The van der Waals surface area contributed by atoms with Crippen LogP contribution in [0.3, 0.4) is 0 Å². The molecule has 4 rings (SSSR count). The maximum atomic E-state index is 3.94. The van der Waals surface area contributed by atoms with E-state index in [1.165, 1.54) is 29.5 Å². The van der Waals surface area contributed by atoms with Crippen molar-refractivity contribution in [3.8, 4) is 0 Å². The zero-order valence-electron chi connectivity index (χ0n) is 19.8. The molecule has 3 aliphatic rings. The van der Waals surface area contributed by atoms with E-state index in [1.807, 2.05) is 18.2 Å². The molecule has 1 aromatic rings. The number of allylic oxidation sites excluding steroid dienone is 7. The molecular formula is C30H38N2. The molecule has 0 bridgehead atoms. The molecule has 32 heavy (non-hydrogen) atoms. The Labute approximate surface area is 194 Å². The lowest BCUT2D eigenvalue weighted by Gasteiger charge is -2.51. The number of fused-ring (bicyclic) bond motifs is 1. The first-order valence-corrected chi connectivity index (χ1v) is 12.1. The van der Waals surface area contributed by atoms with Crippen molar-refractivity contribution in [1.29, 1.82) is 0 Å². The van der Waals surface area contributed by atoms with Crippen molar-refractivity contribution < 1.29 is 0 Å². The summed E-state index contributed by atoms with van der Waals surface area (Å²) < 4.78 is 0. The summed E-state index contributed by atoms with van der Waals surface area (Å²) in [6.45, 7) is 15.5. The van der Waals surface area contributed by atoms with Crippen molar-refractivity contribution in [3.63, 3.8) is 0 Å². The number of hydrogen-bond donors (Lipinski definition) is 1. The van der Waals surface area contributed by atoms with Gasteiger partial charge in [-0.25, -0.2) is 0 Å². The zero-order valence-corrected chi connectivity index (χ0v) is 19.8. The molecule has 0 amide bonds. The lowest BCUT2D eigenvalue weighted by Crippen LogP contribution is -2.59. The second-order valence-corrected chi connectivity index (χ2v) is 9.83. The van der Waals surface area contributed by atoms with Gasteiger partial charge in [0.25, 0.3) is 0 Å². The van der Waals surface area contributed by atoms with Crippen molar-refractivity contribution >= 4 is 0 Å². The average Bonchev–Trinajstić information content (AvgIpc) is 2.82. The summed E-state index contributed by atoms with van der Waals surface area (Å²) in [7, 11) is 0. The van der Waals surface area contributed by atoms with Gasteiger partial charge in [-0.15, -0.1) is 0 Å². The van der Waals surface area contributed by atoms with Crippen LogP contribution in [0.4, 0.5) is 0 Å². The highest BCUT2D eigenvalue weighted by atomic mass is 15.2. The fraction of sp³-hybridized carbons (Fsp3) is 0.400. The first kappa shape index (κ1) is 22.8. The first-order chi connectivity index (χ1) is 15.5. The SMILES string of the molecule is C=C/C=C(\C=C)CNCC1Cc2ccccc2CN1C(C)(C)C1CC=CC2=C1C=CCC2. The standard InChI is InChI=1S/C30H38N2/c1-5-12-23(6-2)20-31-21-27-19-25-14-7-8-15-26(25)22-32(27)30(3,4)29-18-11-16-24-13-9-10-17-28(24)29/h5-8,10-12,14-17,27,29,31H,1-2,9,13,18-22H2,3-4H3/b23-12+. The minimum Gasteiger partial charge on any atom is -0.311 e. The molecule has 2 aliphatic carbocycles. The number of benzene rings is 1. The van der Waals surface area contributed by atoms with Crippen LogP contribution in [0.25, 0.3) is 0 Å². The fourth-order valence-corrected chi connectivity index (χ4v) is 5.74. The van der Waals surface area contributed by atoms with Crippen molar-refractivity contribution in [2.75, 3.05) is 13.1 Å². The van der Waals surface area contributed by atoms with Crippen molar-refractivity contribution in [2.45, 2.75) is 57.7 Å². The number of nitrogens with zero attached hydrogens (tertiary/aromatic N) is 1. The Morgan fingerprint density at radius 2 is 1.97 bits per heavy atom. The van der Waals surface area contributed by atoms with E-state index in [-0.39, 0.29) is 5.54 Å². The van der Waals surface area contributed by atoms with Gasteiger partial charge in [-0.2, -0.15) is 0 Å². The third-order valence-electron chi connectivity index (χ3n) is 7.57. The Morgan fingerprint density at radius 3 is 2.75 bits per heavy atom. The third-order valence-corrected chi connectivity index (χ3v) is 7.57. The zero-order chi connectivity index (χ0) is 22.6. The fourth-order valence-electron chi connectivity index (χ4n) is 5.74. The average molecular weight is 427 g/mol. The van der Waals surface area contributed by atoms with Gasteiger partial charge in [0.05, 0.1) is 0 Å². The molecule has 2 heteroatoms. The minimum absolute atomic E-state index is 0.0606. The molecule has 0 saturated heterocycles. The van der Waals surface area contributed by atoms with Crippen LogP contribution in [0.15, 0.2) is 96.7 Å². The van der Waals surface area contributed by atoms with Gasteiger partial charge in [0.2, 0.25) is 0 Å². The lowest BCUT2D eigenvalue weighted by atomic mass is 9.71. The smallest absolute Gasteiger partial charge is 0.0270 e. The highest BCUT2D eigenvalue weighted by Crippen LogP contribution is 2.43. The van der Waals surface area contributed by atoms with Gasteiger partial charge in [0.1, 0.15) is 0 Å². The van der Waals surface area contributed by atoms with Crippen molar-refractivity contribution in [3.05, 3.63) is 108 Å². The van der Waals surface area contributed by atoms with E-state index in [0.717, 1.165) is 32.5 Å². The Kier molecular flexibility index (Phi) is 7.13. The van der Waals surface area contributed by atoms with E-state index in [0.29, 0.717) is 12.0 Å². The normalized spacial score (nSPS) is 23.6. The maximum Gasteiger partial charge on any atom is 0.0270 e. The van der Waals surface area contributed by atoms with Gasteiger partial charge in [-0.3, -0.25) is 4.90 Å². The highest BCUT2D eigenvalue weighted by molar-refractivity contribution is 5.43. The Morgan fingerprint density at radius 1 is 1.16 bits per heavy atom. The third kappa shape index (κ3) is 4.67. The number of rotatable bonds is 8. The maximum absolute atomic E-state index is 3.94. The highest BCUT2D eigenvalue weighted by Gasteiger charge is 2.42. The minimum atomic E-state index is 0.0606. The van der Waals surface area contributed by atoms with E-state index >= 15 is 0 Å². The first-order valence-electron chi connectivity index (χ1n) is 12.1. The van der Waals surface area contributed by atoms with E-state index < -0.39 is 0 Å². The second-order valence-electron chi connectivity index (χ2n) is 9.83. The lowest BCUT2D eigenvalue weighted by molar-refractivity contribution is 0.0189. The summed E-state index contributed by atoms with van der Waals surface area (Å²) >= 11 is 0. The van der Waals surface area contributed by atoms with E-state index in [4.69, 9.17) is 0 Å². The van der Waals surface area contributed by atoms with Crippen molar-refractivity contribution in [1.82, 2.24) is 10.2 Å². The van der Waals surface area contributed by atoms with E-state index in [9.17, 15) is 0 Å². The van der Waals surface area contributed by atoms with Gasteiger partial charge < -0.3 is 5.32 Å². The van der Waals surface area contributed by atoms with Gasteiger partial charge in [0.15, 0.2) is 0 Å². The van der Waals surface area contributed by atoms with Crippen LogP contribution in [0.1, 0.15) is 44.2 Å². The van der Waals surface area contributed by atoms with Gasteiger partial charge >= 0.3 is 0 Å². The summed E-state index contributed by atoms with van der Waals surface area (Å²) in [6.07, 6.45) is 19.9. The number of hydrogen-bond acceptors (Lipinski definition) is 2. The molecule has 1 N–H and O–H groups in total. The predicted octanol–water partition coefficient (Wildman–Crippen LogP) is 6.30. The molecule has 2 atom stereocenters. The molecule has 1 heterocycles. The van der Waals surface area contributed by atoms with Gasteiger partial charge in [-0.1, -0.05) is 80.0 Å². The van der Waals surface area contributed by atoms with E-state index in [1.54, 1.807) is 11.1 Å².